The van der Waals surface area contributed by atoms with Crippen LogP contribution in [0.5, 0.6) is 0 Å². The molecule has 3 heteroatoms. The smallest absolute Gasteiger partial charge is 0.126 e. The summed E-state index contributed by atoms with van der Waals surface area (Å²) in [6.07, 6.45) is 6.62. The molecule has 1 aliphatic carbocycles. The van der Waals surface area contributed by atoms with E-state index in [1.807, 2.05) is 6.07 Å². The first-order valence-corrected chi connectivity index (χ1v) is 5.29. The summed E-state index contributed by atoms with van der Waals surface area (Å²) in [7, 11) is 0. The Morgan fingerprint density at radius 2 is 2.36 bits per heavy atom. The standard InChI is InChI=1S/C11H17N3/c12-11-9(4-2-8-14-11)3-1-7-13-10-5-6-10/h2,4,8,10,13H,1,3,5-7H2,(H2,12,14). The molecular weight excluding hydrogens is 174 g/mol. The molecule has 1 heterocycles. The third-order valence-corrected chi connectivity index (χ3v) is 2.56. The molecule has 0 spiro atoms. The van der Waals surface area contributed by atoms with Gasteiger partial charge < -0.3 is 11.1 Å². The molecule has 0 aliphatic heterocycles. The van der Waals surface area contributed by atoms with E-state index in [1.165, 1.54) is 18.4 Å². The number of hydrogen-bond donors (Lipinski definition) is 2. The Hall–Kier alpha value is -1.09. The zero-order chi connectivity index (χ0) is 9.80. The summed E-state index contributed by atoms with van der Waals surface area (Å²) >= 11 is 0. The molecule has 0 bridgehead atoms. The largest absolute Gasteiger partial charge is 0.383 e. The first-order chi connectivity index (χ1) is 6.86. The molecule has 3 N–H and O–H groups in total. The topological polar surface area (TPSA) is 50.9 Å². The number of nitrogen functional groups attached to an aromatic ring is 1. The number of anilines is 1. The maximum Gasteiger partial charge on any atom is 0.126 e. The lowest BCUT2D eigenvalue weighted by Crippen LogP contribution is -2.18. The Balaban J connectivity index is 1.71. The molecule has 0 radical (unpaired) electrons. The fraction of sp³-hybridized carbons (Fsp3) is 0.545. The molecule has 0 aromatic carbocycles. The summed E-state index contributed by atoms with van der Waals surface area (Å²) in [4.78, 5) is 4.06. The van der Waals surface area contributed by atoms with Crippen molar-refractivity contribution in [2.45, 2.75) is 31.7 Å². The van der Waals surface area contributed by atoms with Crippen molar-refractivity contribution in [1.29, 1.82) is 0 Å². The first kappa shape index (κ1) is 9.46. The highest BCUT2D eigenvalue weighted by Crippen LogP contribution is 2.18. The number of nitrogens with one attached hydrogen (secondary N) is 1. The maximum atomic E-state index is 5.74. The second-order valence-electron chi connectivity index (χ2n) is 3.88. The van der Waals surface area contributed by atoms with Crippen LogP contribution in [0, 0.1) is 0 Å². The predicted molar refractivity (Wildman–Crippen MR) is 58.0 cm³/mol. The Kier molecular flexibility index (Phi) is 2.99. The number of nitrogens with zero attached hydrogens (tertiary/aromatic N) is 1. The first-order valence-electron chi connectivity index (χ1n) is 5.29. The highest BCUT2D eigenvalue weighted by Gasteiger charge is 2.19. The van der Waals surface area contributed by atoms with Gasteiger partial charge >= 0.3 is 0 Å². The molecule has 0 unspecified atom stereocenters. The third-order valence-electron chi connectivity index (χ3n) is 2.56. The van der Waals surface area contributed by atoms with Crippen LogP contribution in [-0.4, -0.2) is 17.6 Å². The Bertz CT molecular complexity index is 294. The number of pyridine rings is 1. The van der Waals surface area contributed by atoms with E-state index in [0.717, 1.165) is 25.4 Å². The van der Waals surface area contributed by atoms with Crippen LogP contribution in [0.25, 0.3) is 0 Å². The van der Waals surface area contributed by atoms with Crippen molar-refractivity contribution >= 4 is 5.82 Å². The van der Waals surface area contributed by atoms with Gasteiger partial charge in [-0.2, -0.15) is 0 Å². The summed E-state index contributed by atoms with van der Waals surface area (Å²) in [5, 5.41) is 3.49. The van der Waals surface area contributed by atoms with Crippen LogP contribution in [0.1, 0.15) is 24.8 Å². The molecular formula is C11H17N3. The van der Waals surface area contributed by atoms with Crippen LogP contribution < -0.4 is 11.1 Å². The van der Waals surface area contributed by atoms with E-state index in [4.69, 9.17) is 5.73 Å². The van der Waals surface area contributed by atoms with Crippen molar-refractivity contribution in [3.05, 3.63) is 23.9 Å². The van der Waals surface area contributed by atoms with Gasteiger partial charge in [-0.3, -0.25) is 0 Å². The third kappa shape index (κ3) is 2.70. The molecule has 1 aromatic heterocycles. The maximum absolute atomic E-state index is 5.74. The normalized spacial score (nSPS) is 15.7. The van der Waals surface area contributed by atoms with E-state index in [1.54, 1.807) is 6.20 Å². The van der Waals surface area contributed by atoms with Gasteiger partial charge in [0.1, 0.15) is 5.82 Å². The van der Waals surface area contributed by atoms with Gasteiger partial charge in [0.15, 0.2) is 0 Å². The average molecular weight is 191 g/mol. The minimum atomic E-state index is 0.680. The number of hydrogen-bond acceptors (Lipinski definition) is 3. The zero-order valence-corrected chi connectivity index (χ0v) is 8.37. The molecule has 2 rings (SSSR count). The minimum absolute atomic E-state index is 0.680. The van der Waals surface area contributed by atoms with E-state index in [-0.39, 0.29) is 0 Å². The molecule has 1 aromatic rings. The Morgan fingerprint density at radius 1 is 1.50 bits per heavy atom. The van der Waals surface area contributed by atoms with E-state index in [0.29, 0.717) is 5.82 Å². The van der Waals surface area contributed by atoms with E-state index < -0.39 is 0 Å². The minimum Gasteiger partial charge on any atom is -0.383 e. The van der Waals surface area contributed by atoms with Crippen LogP contribution in [0.15, 0.2) is 18.3 Å². The number of aromatic nitrogens is 1. The van der Waals surface area contributed by atoms with Gasteiger partial charge in [-0.25, -0.2) is 4.98 Å². The molecule has 0 amide bonds. The fourth-order valence-electron chi connectivity index (χ4n) is 1.53. The molecule has 1 aliphatic rings. The van der Waals surface area contributed by atoms with Crippen molar-refractivity contribution in [3.63, 3.8) is 0 Å². The lowest BCUT2D eigenvalue weighted by Gasteiger charge is -2.04. The Labute approximate surface area is 84.7 Å². The second-order valence-corrected chi connectivity index (χ2v) is 3.88. The molecule has 0 saturated heterocycles. The highest BCUT2D eigenvalue weighted by atomic mass is 14.9. The lowest BCUT2D eigenvalue weighted by atomic mass is 10.1. The number of rotatable bonds is 5. The van der Waals surface area contributed by atoms with Gasteiger partial charge in [-0.05, 0) is 43.9 Å². The quantitative estimate of drug-likeness (QED) is 0.691. The Morgan fingerprint density at radius 3 is 3.07 bits per heavy atom. The van der Waals surface area contributed by atoms with Gasteiger partial charge in [0, 0.05) is 12.2 Å². The van der Waals surface area contributed by atoms with E-state index in [9.17, 15) is 0 Å². The lowest BCUT2D eigenvalue weighted by molar-refractivity contribution is 0.645. The summed E-state index contributed by atoms with van der Waals surface area (Å²) in [5.41, 5.74) is 6.91. The van der Waals surface area contributed by atoms with Crippen molar-refractivity contribution in [2.75, 3.05) is 12.3 Å². The summed E-state index contributed by atoms with van der Waals surface area (Å²) in [6, 6.07) is 4.81. The van der Waals surface area contributed by atoms with Gasteiger partial charge in [0.25, 0.3) is 0 Å². The second kappa shape index (κ2) is 4.42. The molecule has 76 valence electrons. The van der Waals surface area contributed by atoms with Crippen LogP contribution in [0.2, 0.25) is 0 Å². The van der Waals surface area contributed by atoms with Gasteiger partial charge in [0.05, 0.1) is 0 Å². The predicted octanol–water partition coefficient (Wildman–Crippen LogP) is 1.35. The van der Waals surface area contributed by atoms with Gasteiger partial charge in [0.2, 0.25) is 0 Å². The SMILES string of the molecule is Nc1ncccc1CCCNC1CC1. The van der Waals surface area contributed by atoms with Gasteiger partial charge in [-0.15, -0.1) is 0 Å². The number of aryl methyl sites for hydroxylation is 1. The molecule has 1 fully saturated rings. The van der Waals surface area contributed by atoms with Crippen LogP contribution >= 0.6 is 0 Å². The monoisotopic (exact) mass is 191 g/mol. The molecule has 3 nitrogen and oxygen atoms in total. The van der Waals surface area contributed by atoms with Crippen molar-refractivity contribution in [1.82, 2.24) is 10.3 Å². The van der Waals surface area contributed by atoms with Gasteiger partial charge in [-0.1, -0.05) is 6.07 Å². The van der Waals surface area contributed by atoms with Crippen molar-refractivity contribution < 1.29 is 0 Å². The zero-order valence-electron chi connectivity index (χ0n) is 8.37. The summed E-state index contributed by atoms with van der Waals surface area (Å²) in [6.45, 7) is 1.10. The van der Waals surface area contributed by atoms with Crippen LogP contribution in [-0.2, 0) is 6.42 Å². The van der Waals surface area contributed by atoms with Crippen LogP contribution in [0.3, 0.4) is 0 Å². The van der Waals surface area contributed by atoms with E-state index in [2.05, 4.69) is 16.4 Å². The average Bonchev–Trinajstić information content (AvgIpc) is 2.99. The fourth-order valence-corrected chi connectivity index (χ4v) is 1.53. The van der Waals surface area contributed by atoms with E-state index >= 15 is 0 Å². The molecule has 14 heavy (non-hydrogen) atoms. The van der Waals surface area contributed by atoms with Crippen molar-refractivity contribution in [2.24, 2.45) is 0 Å². The van der Waals surface area contributed by atoms with Crippen molar-refractivity contribution in [3.8, 4) is 0 Å². The summed E-state index contributed by atoms with van der Waals surface area (Å²) in [5.74, 6) is 0.680. The van der Waals surface area contributed by atoms with Crippen LogP contribution in [0.4, 0.5) is 5.82 Å². The highest BCUT2D eigenvalue weighted by molar-refractivity contribution is 5.38. The number of nitrogens with two attached hydrogens (primary N) is 1. The summed E-state index contributed by atoms with van der Waals surface area (Å²) < 4.78 is 0. The molecule has 1 saturated carbocycles. The molecule has 0 atom stereocenters.